The molecule has 3 aromatic rings. The monoisotopic (exact) mass is 595 g/mol. The fourth-order valence-electron chi connectivity index (χ4n) is 4.31. The molecule has 13 heteroatoms. The first-order chi connectivity index (χ1) is 20.4. The Kier molecular flexibility index (Phi) is 11.4. The van der Waals surface area contributed by atoms with Crippen molar-refractivity contribution in [3.8, 4) is 11.1 Å². The Bertz CT molecular complexity index is 1390. The molecule has 43 heavy (non-hydrogen) atoms. The number of carbonyl (C=O) groups excluding carboxylic acids is 3. The number of hydrogen-bond acceptors (Lipinski definition) is 9. The Morgan fingerprint density at radius 3 is 2.23 bits per heavy atom. The zero-order chi connectivity index (χ0) is 31.6. The van der Waals surface area contributed by atoms with E-state index in [1.54, 1.807) is 13.8 Å². The summed E-state index contributed by atoms with van der Waals surface area (Å²) in [7, 11) is 1.18. The number of benzene rings is 2. The van der Waals surface area contributed by atoms with Gasteiger partial charge in [-0.05, 0) is 42.4 Å². The van der Waals surface area contributed by atoms with E-state index in [4.69, 9.17) is 4.74 Å². The van der Waals surface area contributed by atoms with Crippen LogP contribution in [0.2, 0.25) is 0 Å². The van der Waals surface area contributed by atoms with Crippen LogP contribution in [0.1, 0.15) is 43.2 Å². The zero-order valence-electron chi connectivity index (χ0n) is 24.5. The van der Waals surface area contributed by atoms with E-state index < -0.39 is 48.0 Å². The molecule has 3 rings (SSSR count). The van der Waals surface area contributed by atoms with Crippen LogP contribution in [0.5, 0.6) is 0 Å². The summed E-state index contributed by atoms with van der Waals surface area (Å²) in [4.78, 5) is 49.1. The molecular weight excluding hydrogens is 558 g/mol. The number of rotatable bonds is 14. The third kappa shape index (κ3) is 9.10. The Balaban J connectivity index is 1.70. The molecule has 0 saturated heterocycles. The number of aliphatic carboxylic acids is 1. The maximum atomic E-state index is 13.1. The molecule has 0 aliphatic rings. The van der Waals surface area contributed by atoms with Crippen molar-refractivity contribution in [1.82, 2.24) is 25.6 Å². The molecule has 0 bridgehead atoms. The van der Waals surface area contributed by atoms with Gasteiger partial charge in [-0.2, -0.15) is 0 Å². The van der Waals surface area contributed by atoms with Crippen LogP contribution in [0, 0.1) is 11.3 Å². The summed E-state index contributed by atoms with van der Waals surface area (Å²) in [6, 6.07) is 15.9. The van der Waals surface area contributed by atoms with Gasteiger partial charge < -0.3 is 30.3 Å². The number of hydrogen-bond donors (Lipinski definition) is 4. The van der Waals surface area contributed by atoms with Crippen molar-refractivity contribution in [2.75, 3.05) is 13.7 Å². The summed E-state index contributed by atoms with van der Waals surface area (Å²) in [6.07, 6.45) is 0.728. The minimum atomic E-state index is -1.50. The highest BCUT2D eigenvalue weighted by Crippen LogP contribution is 2.26. The highest BCUT2D eigenvalue weighted by Gasteiger charge is 2.36. The van der Waals surface area contributed by atoms with Crippen molar-refractivity contribution in [3.05, 3.63) is 72.1 Å². The molecule has 1 aromatic heterocycles. The van der Waals surface area contributed by atoms with Gasteiger partial charge in [-0.25, -0.2) is 14.3 Å². The number of nitrogens with zero attached hydrogens (tertiary/aromatic N) is 3. The number of methoxy groups -OCH3 is 1. The van der Waals surface area contributed by atoms with Crippen molar-refractivity contribution in [2.45, 2.75) is 52.4 Å². The minimum absolute atomic E-state index is 0.0550. The number of nitrogens with one attached hydrogen (secondary N) is 2. The second-order valence-corrected chi connectivity index (χ2v) is 10.8. The molecule has 0 aliphatic carbocycles. The number of aliphatic hydroxyl groups is 1. The highest BCUT2D eigenvalue weighted by atomic mass is 16.6. The number of amides is 2. The van der Waals surface area contributed by atoms with E-state index in [1.165, 1.54) is 20.2 Å². The summed E-state index contributed by atoms with van der Waals surface area (Å²) in [5.41, 5.74) is 1.32. The van der Waals surface area contributed by atoms with Crippen molar-refractivity contribution >= 4 is 23.9 Å². The molecule has 0 radical (unpaired) electrons. The molecule has 13 nitrogen and oxygen atoms in total. The smallest absolute Gasteiger partial charge is 0.407 e. The predicted molar refractivity (Wildman–Crippen MR) is 155 cm³/mol. The predicted octanol–water partition coefficient (Wildman–Crippen LogP) is 2.64. The van der Waals surface area contributed by atoms with E-state index in [9.17, 15) is 29.4 Å². The second kappa shape index (κ2) is 14.9. The summed E-state index contributed by atoms with van der Waals surface area (Å²) in [5.74, 6) is -2.83. The largest absolute Gasteiger partial charge is 0.481 e. The van der Waals surface area contributed by atoms with Crippen molar-refractivity contribution in [3.63, 3.8) is 0 Å². The van der Waals surface area contributed by atoms with E-state index in [1.807, 2.05) is 54.6 Å². The average Bonchev–Trinajstić information content (AvgIpc) is 3.48. The molecule has 2 amide bonds. The lowest BCUT2D eigenvalue weighted by Crippen LogP contribution is -2.45. The molecule has 0 unspecified atom stereocenters. The lowest BCUT2D eigenvalue weighted by Gasteiger charge is -2.28. The van der Waals surface area contributed by atoms with Gasteiger partial charge >= 0.3 is 18.0 Å². The number of alkyl carbamates (subject to hydrolysis) is 1. The van der Waals surface area contributed by atoms with Gasteiger partial charge in [-0.3, -0.25) is 9.59 Å². The van der Waals surface area contributed by atoms with Gasteiger partial charge in [0.2, 0.25) is 0 Å². The molecule has 0 fully saturated rings. The summed E-state index contributed by atoms with van der Waals surface area (Å²) < 4.78 is 10.9. The summed E-state index contributed by atoms with van der Waals surface area (Å²) >= 11 is 0. The lowest BCUT2D eigenvalue weighted by molar-refractivity contribution is -0.152. The van der Waals surface area contributed by atoms with Gasteiger partial charge in [0.1, 0.15) is 6.04 Å². The van der Waals surface area contributed by atoms with E-state index in [0.29, 0.717) is 6.42 Å². The summed E-state index contributed by atoms with van der Waals surface area (Å²) in [5, 5.41) is 32.5. The van der Waals surface area contributed by atoms with E-state index in [2.05, 4.69) is 25.7 Å². The number of ether oxygens (including phenoxy) is 2. The van der Waals surface area contributed by atoms with Crippen LogP contribution in [0.4, 0.5) is 4.79 Å². The molecular formula is C30H37N5O8. The molecule has 0 spiro atoms. The van der Waals surface area contributed by atoms with Crippen LogP contribution < -0.4 is 10.6 Å². The normalized spacial score (nSPS) is 13.8. The zero-order valence-corrected chi connectivity index (χ0v) is 24.5. The van der Waals surface area contributed by atoms with Crippen LogP contribution >= 0.6 is 0 Å². The summed E-state index contributed by atoms with van der Waals surface area (Å²) in [6.45, 7) is 3.87. The second-order valence-electron chi connectivity index (χ2n) is 10.8. The number of aromatic nitrogens is 3. The maximum Gasteiger partial charge on any atom is 0.407 e. The van der Waals surface area contributed by atoms with Crippen LogP contribution in [-0.2, 0) is 32.2 Å². The van der Waals surface area contributed by atoms with Crippen LogP contribution in [0.25, 0.3) is 11.1 Å². The van der Waals surface area contributed by atoms with Crippen molar-refractivity contribution in [2.24, 2.45) is 11.3 Å². The van der Waals surface area contributed by atoms with Crippen molar-refractivity contribution < 1.29 is 38.9 Å². The van der Waals surface area contributed by atoms with Crippen LogP contribution in [0.3, 0.4) is 0 Å². The van der Waals surface area contributed by atoms with E-state index in [0.717, 1.165) is 21.4 Å². The quantitative estimate of drug-likeness (QED) is 0.202. The standard InChI is InChI=1S/C30H37N5O8/c1-19(2)25(32-29(41)42-4)27(38)43-18-35-16-24(33-34-35)26(37)31-23(15-30(3,17-36)28(39)40)14-20-10-12-22(13-11-20)21-8-6-5-7-9-21/h5-13,16,19,23,25,36H,14-15,17-18H2,1-4H3,(H,31,37)(H,32,41)(H,39,40)/t23-,25+,30+/m1/s1. The Hall–Kier alpha value is -4.78. The number of carboxylic acid groups (broad SMARTS) is 1. The van der Waals surface area contributed by atoms with Gasteiger partial charge in [0, 0.05) is 6.04 Å². The molecule has 230 valence electrons. The van der Waals surface area contributed by atoms with Crippen molar-refractivity contribution in [1.29, 1.82) is 0 Å². The van der Waals surface area contributed by atoms with E-state index in [-0.39, 0.29) is 24.8 Å². The van der Waals surface area contributed by atoms with Gasteiger partial charge in [-0.15, -0.1) is 5.10 Å². The lowest BCUT2D eigenvalue weighted by atomic mass is 9.82. The SMILES string of the molecule is COC(=O)N[C@H](C(=O)OCn1cc(C(=O)N[C@H](Cc2ccc(-c3ccccc3)cc2)C[C@@](C)(CO)C(=O)O)nn1)C(C)C. The molecule has 2 aromatic carbocycles. The van der Waals surface area contributed by atoms with Crippen LogP contribution in [0.15, 0.2) is 60.8 Å². The first kappa shape index (κ1) is 32.7. The maximum absolute atomic E-state index is 13.1. The third-order valence-electron chi connectivity index (χ3n) is 6.93. The molecule has 3 atom stereocenters. The fraction of sp³-hybridized carbons (Fsp3) is 0.400. The molecule has 0 aliphatic heterocycles. The molecule has 0 saturated carbocycles. The fourth-order valence-corrected chi connectivity index (χ4v) is 4.31. The van der Waals surface area contributed by atoms with Gasteiger partial charge in [0.25, 0.3) is 5.91 Å². The molecule has 1 heterocycles. The number of esters is 1. The topological polar surface area (TPSA) is 182 Å². The first-order valence-corrected chi connectivity index (χ1v) is 13.7. The first-order valence-electron chi connectivity index (χ1n) is 13.7. The third-order valence-corrected chi connectivity index (χ3v) is 6.93. The Morgan fingerprint density at radius 2 is 1.65 bits per heavy atom. The van der Waals surface area contributed by atoms with Crippen LogP contribution in [-0.4, -0.2) is 74.9 Å². The average molecular weight is 596 g/mol. The highest BCUT2D eigenvalue weighted by molar-refractivity contribution is 5.92. The van der Waals surface area contributed by atoms with Gasteiger partial charge in [0.05, 0.1) is 25.3 Å². The van der Waals surface area contributed by atoms with Gasteiger partial charge in [-0.1, -0.05) is 73.7 Å². The minimum Gasteiger partial charge on any atom is -0.481 e. The van der Waals surface area contributed by atoms with Gasteiger partial charge in [0.15, 0.2) is 12.4 Å². The Labute approximate surface area is 249 Å². The number of aliphatic hydroxyl groups excluding tert-OH is 1. The van der Waals surface area contributed by atoms with E-state index >= 15 is 0 Å². The molecule has 4 N–H and O–H groups in total. The number of carboxylic acids is 1. The Morgan fingerprint density at radius 1 is 1.00 bits per heavy atom. The number of carbonyl (C=O) groups is 4.